The van der Waals surface area contributed by atoms with Crippen LogP contribution in [0.3, 0.4) is 0 Å². The zero-order valence-electron chi connectivity index (χ0n) is 14.7. The summed E-state index contributed by atoms with van der Waals surface area (Å²) in [6, 6.07) is 8.82. The Bertz CT molecular complexity index is 894. The molecule has 0 unspecified atom stereocenters. The van der Waals surface area contributed by atoms with E-state index in [-0.39, 0.29) is 11.7 Å². The van der Waals surface area contributed by atoms with Crippen molar-refractivity contribution in [1.29, 1.82) is 0 Å². The van der Waals surface area contributed by atoms with Gasteiger partial charge in [0, 0.05) is 6.54 Å². The molecule has 2 heterocycles. The lowest BCUT2D eigenvalue weighted by atomic mass is 10.1. The lowest BCUT2D eigenvalue weighted by Gasteiger charge is -2.16. The third-order valence-corrected chi connectivity index (χ3v) is 4.34. The van der Waals surface area contributed by atoms with Crippen LogP contribution in [0.5, 0.6) is 11.5 Å². The zero-order chi connectivity index (χ0) is 19.4. The van der Waals surface area contributed by atoms with Crippen LogP contribution in [0.4, 0.5) is 0 Å². The minimum Gasteiger partial charge on any atom is -0.493 e. The molecule has 8 nitrogen and oxygen atoms in total. The number of hydrazone groups is 1. The van der Waals surface area contributed by atoms with E-state index in [2.05, 4.69) is 5.10 Å². The van der Waals surface area contributed by atoms with E-state index in [0.717, 1.165) is 10.6 Å². The van der Waals surface area contributed by atoms with Crippen molar-refractivity contribution in [2.45, 2.75) is 6.42 Å². The number of amides is 2. The third kappa shape index (κ3) is 3.82. The van der Waals surface area contributed by atoms with Crippen LogP contribution in [0.25, 0.3) is 0 Å². The van der Waals surface area contributed by atoms with E-state index < -0.39 is 11.8 Å². The van der Waals surface area contributed by atoms with Gasteiger partial charge in [0.1, 0.15) is 5.76 Å². The van der Waals surface area contributed by atoms with E-state index in [1.54, 1.807) is 32.4 Å². The Hall–Kier alpha value is -3.20. The molecule has 1 aliphatic heterocycles. The van der Waals surface area contributed by atoms with E-state index in [4.69, 9.17) is 26.1 Å². The molecule has 0 aliphatic carbocycles. The number of rotatable bonds is 7. The van der Waals surface area contributed by atoms with Crippen LogP contribution < -0.4 is 9.47 Å². The van der Waals surface area contributed by atoms with Crippen LogP contribution in [0.1, 0.15) is 11.3 Å². The predicted octanol–water partition coefficient (Wildman–Crippen LogP) is 1.83. The summed E-state index contributed by atoms with van der Waals surface area (Å²) in [7, 11) is 3.11. The van der Waals surface area contributed by atoms with E-state index in [1.165, 1.54) is 17.4 Å². The molecule has 0 bridgehead atoms. The summed E-state index contributed by atoms with van der Waals surface area (Å²) in [6.45, 7) is 0.242. The minimum atomic E-state index is -0.796. The zero-order valence-corrected chi connectivity index (χ0v) is 15.6. The number of benzene rings is 1. The maximum Gasteiger partial charge on any atom is 0.339 e. The average Bonchev–Trinajstić information content (AvgIpc) is 3.27. The fourth-order valence-corrected chi connectivity index (χ4v) is 2.85. The van der Waals surface area contributed by atoms with E-state index >= 15 is 0 Å². The molecule has 1 aromatic carbocycles. The molecule has 0 N–H and O–H groups in total. The van der Waals surface area contributed by atoms with Crippen molar-refractivity contribution in [3.8, 4) is 11.5 Å². The molecule has 1 saturated heterocycles. The van der Waals surface area contributed by atoms with Crippen molar-refractivity contribution >= 4 is 35.4 Å². The normalized spacial score (nSPS) is 14.5. The Morgan fingerprint density at radius 3 is 2.59 bits per heavy atom. The van der Waals surface area contributed by atoms with E-state index in [1.807, 2.05) is 12.1 Å². The fourth-order valence-electron chi connectivity index (χ4n) is 2.55. The van der Waals surface area contributed by atoms with Crippen LogP contribution in [0, 0.1) is 0 Å². The van der Waals surface area contributed by atoms with E-state index in [0.29, 0.717) is 23.7 Å². The SMILES string of the molecule is COc1ccc(CCN2C(=O)C(=O)N(/N=C/c3ccco3)C2=S)cc1OC. The Labute approximate surface area is 160 Å². The fraction of sp³-hybridized carbons (Fsp3) is 0.222. The predicted molar refractivity (Wildman–Crippen MR) is 101 cm³/mol. The van der Waals surface area contributed by atoms with E-state index in [9.17, 15) is 9.59 Å². The first-order valence-electron chi connectivity index (χ1n) is 8.03. The minimum absolute atomic E-state index is 0.0354. The molecule has 27 heavy (non-hydrogen) atoms. The van der Waals surface area contributed by atoms with Crippen molar-refractivity contribution in [3.63, 3.8) is 0 Å². The van der Waals surface area contributed by atoms with Gasteiger partial charge in [0.2, 0.25) is 5.11 Å². The number of carbonyl (C=O) groups is 2. The molecule has 1 aromatic heterocycles. The summed E-state index contributed by atoms with van der Waals surface area (Å²) in [6.07, 6.45) is 3.29. The maximum atomic E-state index is 12.2. The summed E-state index contributed by atoms with van der Waals surface area (Å²) in [5.41, 5.74) is 0.910. The van der Waals surface area contributed by atoms with Crippen molar-refractivity contribution in [3.05, 3.63) is 47.9 Å². The Morgan fingerprint density at radius 2 is 1.93 bits per heavy atom. The van der Waals surface area contributed by atoms with Gasteiger partial charge in [-0.05, 0) is 48.5 Å². The third-order valence-electron chi connectivity index (χ3n) is 3.95. The van der Waals surface area contributed by atoms with Gasteiger partial charge in [-0.1, -0.05) is 6.07 Å². The summed E-state index contributed by atoms with van der Waals surface area (Å²) >= 11 is 5.24. The van der Waals surface area contributed by atoms with Crippen molar-refractivity contribution in [1.82, 2.24) is 9.91 Å². The molecular formula is C18H17N3O5S. The van der Waals surface area contributed by atoms with Gasteiger partial charge in [-0.2, -0.15) is 10.1 Å². The number of hydrogen-bond acceptors (Lipinski definition) is 7. The van der Waals surface area contributed by atoms with Crippen molar-refractivity contribution in [2.75, 3.05) is 20.8 Å². The van der Waals surface area contributed by atoms with Crippen molar-refractivity contribution in [2.24, 2.45) is 5.10 Å². The largest absolute Gasteiger partial charge is 0.493 e. The van der Waals surface area contributed by atoms with Crippen LogP contribution in [0.15, 0.2) is 46.1 Å². The van der Waals surface area contributed by atoms with Gasteiger partial charge in [0.15, 0.2) is 11.5 Å². The molecule has 140 valence electrons. The second-order valence-electron chi connectivity index (χ2n) is 5.56. The quantitative estimate of drug-likeness (QED) is 0.409. The number of ether oxygens (including phenoxy) is 2. The number of hydrogen-bond donors (Lipinski definition) is 0. The number of carbonyl (C=O) groups excluding carboxylic acids is 2. The second-order valence-corrected chi connectivity index (χ2v) is 5.92. The number of methoxy groups -OCH3 is 2. The molecule has 0 radical (unpaired) electrons. The number of furan rings is 1. The standard InChI is InChI=1S/C18H17N3O5S/c1-24-14-6-5-12(10-15(14)25-2)7-8-20-16(22)17(23)21(18(20)27)19-11-13-4-3-9-26-13/h3-6,9-11H,7-8H2,1-2H3/b19-11+. The monoisotopic (exact) mass is 387 g/mol. The second kappa shape index (κ2) is 8.00. The first-order valence-corrected chi connectivity index (χ1v) is 8.44. The van der Waals surface area contributed by atoms with Gasteiger partial charge >= 0.3 is 11.8 Å². The smallest absolute Gasteiger partial charge is 0.339 e. The lowest BCUT2D eigenvalue weighted by molar-refractivity contribution is -0.143. The van der Waals surface area contributed by atoms with Crippen LogP contribution in [-0.4, -0.2) is 53.8 Å². The molecule has 0 spiro atoms. The molecule has 0 saturated carbocycles. The number of nitrogens with zero attached hydrogens (tertiary/aromatic N) is 3. The van der Waals surface area contributed by atoms with Gasteiger partial charge in [-0.25, -0.2) is 0 Å². The Morgan fingerprint density at radius 1 is 1.15 bits per heavy atom. The van der Waals surface area contributed by atoms with Gasteiger partial charge in [-0.3, -0.25) is 14.5 Å². The average molecular weight is 387 g/mol. The molecule has 1 aliphatic rings. The first-order chi connectivity index (χ1) is 13.0. The first kappa shape index (κ1) is 18.6. The molecule has 9 heteroatoms. The lowest BCUT2D eigenvalue weighted by Crippen LogP contribution is -2.33. The summed E-state index contributed by atoms with van der Waals surface area (Å²) < 4.78 is 15.6. The molecular weight excluding hydrogens is 370 g/mol. The highest BCUT2D eigenvalue weighted by Crippen LogP contribution is 2.28. The summed E-state index contributed by atoms with van der Waals surface area (Å²) in [5.74, 6) is 0.141. The topological polar surface area (TPSA) is 84.6 Å². The van der Waals surface area contributed by atoms with Crippen LogP contribution in [-0.2, 0) is 16.0 Å². The van der Waals surface area contributed by atoms with Crippen molar-refractivity contribution < 1.29 is 23.5 Å². The highest BCUT2D eigenvalue weighted by molar-refractivity contribution is 7.80. The molecule has 2 aromatic rings. The van der Waals surface area contributed by atoms with Gasteiger partial charge in [0.25, 0.3) is 0 Å². The van der Waals surface area contributed by atoms with Gasteiger partial charge < -0.3 is 13.9 Å². The molecule has 0 atom stereocenters. The Kier molecular flexibility index (Phi) is 5.51. The number of thiocarbonyl (C=S) groups is 1. The summed E-state index contributed by atoms with van der Waals surface area (Å²) in [4.78, 5) is 25.6. The Balaban J connectivity index is 1.69. The highest BCUT2D eigenvalue weighted by atomic mass is 32.1. The summed E-state index contributed by atoms with van der Waals surface area (Å²) in [5, 5.41) is 4.89. The molecule has 2 amide bonds. The molecule has 1 fully saturated rings. The van der Waals surface area contributed by atoms with Crippen LogP contribution in [0.2, 0.25) is 0 Å². The van der Waals surface area contributed by atoms with Gasteiger partial charge in [0.05, 0.1) is 26.7 Å². The van der Waals surface area contributed by atoms with Gasteiger partial charge in [-0.15, -0.1) is 0 Å². The maximum absolute atomic E-state index is 12.2. The highest BCUT2D eigenvalue weighted by Gasteiger charge is 2.41. The van der Waals surface area contributed by atoms with Crippen LogP contribution >= 0.6 is 12.2 Å². The molecule has 3 rings (SSSR count).